The number of likely N-dealkylation sites (N-methyl/N-ethyl adjacent to an activating group) is 1. The molecule has 0 aromatic heterocycles. The third-order valence-electron chi connectivity index (χ3n) is 4.51. The number of amides is 2. The Bertz CT molecular complexity index is 595. The number of hydrogen-bond acceptors (Lipinski definition) is 4. The zero-order valence-electron chi connectivity index (χ0n) is 13.5. The van der Waals surface area contributed by atoms with Gasteiger partial charge in [0.25, 0.3) is 5.91 Å². The lowest BCUT2D eigenvalue weighted by Gasteiger charge is -2.34. The normalized spacial score (nSPS) is 18.3. The number of carbonyl (C=O) groups excluding carboxylic acids is 2. The number of hydrogen-bond donors (Lipinski definition) is 1. The number of fused-ring (bicyclic) bond motifs is 1. The molecule has 1 fully saturated rings. The van der Waals surface area contributed by atoms with Gasteiger partial charge in [-0.15, -0.1) is 0 Å². The average molecular weight is 317 g/mol. The molecule has 23 heavy (non-hydrogen) atoms. The number of anilines is 1. The van der Waals surface area contributed by atoms with E-state index in [2.05, 4.69) is 17.1 Å². The van der Waals surface area contributed by atoms with Gasteiger partial charge < -0.3 is 19.9 Å². The second kappa shape index (κ2) is 7.00. The summed E-state index contributed by atoms with van der Waals surface area (Å²) in [5, 5.41) is 2.84. The molecule has 2 amide bonds. The first-order valence-corrected chi connectivity index (χ1v) is 8.21. The van der Waals surface area contributed by atoms with Gasteiger partial charge in [-0.05, 0) is 36.7 Å². The van der Waals surface area contributed by atoms with Crippen LogP contribution in [0.5, 0.6) is 5.75 Å². The van der Waals surface area contributed by atoms with Gasteiger partial charge >= 0.3 is 0 Å². The maximum Gasteiger partial charge on any atom is 0.260 e. The molecule has 1 saturated heterocycles. The Morgan fingerprint density at radius 2 is 2.00 bits per heavy atom. The Labute approximate surface area is 136 Å². The van der Waals surface area contributed by atoms with E-state index in [0.717, 1.165) is 44.0 Å². The van der Waals surface area contributed by atoms with E-state index in [9.17, 15) is 9.59 Å². The molecule has 0 saturated carbocycles. The molecule has 0 aliphatic carbocycles. The standard InChI is InChI=1S/C17H23N3O3/c1-2-19-7-9-20(10-8-19)17(22)12-23-14-4-5-15-13(11-14)3-6-16(21)18-15/h4-5,11H,2-3,6-10,12H2,1H3,(H,18,21). The van der Waals surface area contributed by atoms with Crippen LogP contribution in [0.3, 0.4) is 0 Å². The predicted molar refractivity (Wildman–Crippen MR) is 87.6 cm³/mol. The van der Waals surface area contributed by atoms with Crippen LogP contribution in [0.4, 0.5) is 5.69 Å². The molecule has 2 aliphatic heterocycles. The van der Waals surface area contributed by atoms with Crippen LogP contribution in [0, 0.1) is 0 Å². The van der Waals surface area contributed by atoms with E-state index in [1.165, 1.54) is 0 Å². The lowest BCUT2D eigenvalue weighted by atomic mass is 10.0. The van der Waals surface area contributed by atoms with Gasteiger partial charge in [0.1, 0.15) is 5.75 Å². The van der Waals surface area contributed by atoms with Crippen molar-refractivity contribution in [1.82, 2.24) is 9.80 Å². The predicted octanol–water partition coefficient (Wildman–Crippen LogP) is 1.11. The van der Waals surface area contributed by atoms with Crippen molar-refractivity contribution >= 4 is 17.5 Å². The van der Waals surface area contributed by atoms with Crippen molar-refractivity contribution in [2.24, 2.45) is 0 Å². The van der Waals surface area contributed by atoms with E-state index in [0.29, 0.717) is 18.6 Å². The number of ether oxygens (including phenoxy) is 1. The van der Waals surface area contributed by atoms with Crippen LogP contribution in [0.25, 0.3) is 0 Å². The SMILES string of the molecule is CCN1CCN(C(=O)COc2ccc3c(c2)CCC(=O)N3)CC1. The van der Waals surface area contributed by atoms with Crippen molar-refractivity contribution < 1.29 is 14.3 Å². The molecule has 2 heterocycles. The number of nitrogens with one attached hydrogen (secondary N) is 1. The van der Waals surface area contributed by atoms with E-state index in [-0.39, 0.29) is 18.4 Å². The number of nitrogens with zero attached hydrogens (tertiary/aromatic N) is 2. The summed E-state index contributed by atoms with van der Waals surface area (Å²) in [4.78, 5) is 27.8. The van der Waals surface area contributed by atoms with Gasteiger partial charge in [0, 0.05) is 38.3 Å². The molecule has 0 spiro atoms. The third-order valence-corrected chi connectivity index (χ3v) is 4.51. The highest BCUT2D eigenvalue weighted by Gasteiger charge is 2.21. The summed E-state index contributed by atoms with van der Waals surface area (Å²) in [6.45, 7) is 6.64. The minimum Gasteiger partial charge on any atom is -0.484 e. The summed E-state index contributed by atoms with van der Waals surface area (Å²) in [5.41, 5.74) is 1.90. The number of rotatable bonds is 4. The first-order valence-electron chi connectivity index (χ1n) is 8.21. The monoisotopic (exact) mass is 317 g/mol. The van der Waals surface area contributed by atoms with Gasteiger partial charge in [-0.1, -0.05) is 6.92 Å². The maximum absolute atomic E-state index is 12.2. The average Bonchev–Trinajstić information content (AvgIpc) is 2.59. The Morgan fingerprint density at radius 3 is 2.74 bits per heavy atom. The number of piperazine rings is 1. The summed E-state index contributed by atoms with van der Waals surface area (Å²) < 4.78 is 5.65. The zero-order chi connectivity index (χ0) is 16.2. The fourth-order valence-electron chi connectivity index (χ4n) is 3.00. The Balaban J connectivity index is 1.52. The van der Waals surface area contributed by atoms with Crippen LogP contribution < -0.4 is 10.1 Å². The summed E-state index contributed by atoms with van der Waals surface area (Å²) in [6, 6.07) is 5.55. The van der Waals surface area contributed by atoms with Crippen LogP contribution in [0.2, 0.25) is 0 Å². The summed E-state index contributed by atoms with van der Waals surface area (Å²) in [5.74, 6) is 0.764. The van der Waals surface area contributed by atoms with E-state index in [1.54, 1.807) is 6.07 Å². The molecular weight excluding hydrogens is 294 g/mol. The third kappa shape index (κ3) is 3.82. The van der Waals surface area contributed by atoms with Crippen molar-refractivity contribution in [3.8, 4) is 5.75 Å². The van der Waals surface area contributed by atoms with E-state index in [1.807, 2.05) is 17.0 Å². The van der Waals surface area contributed by atoms with E-state index in [4.69, 9.17) is 4.74 Å². The molecular formula is C17H23N3O3. The molecule has 6 nitrogen and oxygen atoms in total. The van der Waals surface area contributed by atoms with Crippen LogP contribution in [-0.4, -0.2) is 60.9 Å². The largest absolute Gasteiger partial charge is 0.484 e. The Hall–Kier alpha value is -2.08. The van der Waals surface area contributed by atoms with E-state index >= 15 is 0 Å². The lowest BCUT2D eigenvalue weighted by molar-refractivity contribution is -0.135. The van der Waals surface area contributed by atoms with Crippen molar-refractivity contribution in [3.63, 3.8) is 0 Å². The van der Waals surface area contributed by atoms with Crippen LogP contribution in [0.15, 0.2) is 18.2 Å². The molecule has 2 aliphatic rings. The first-order chi connectivity index (χ1) is 11.2. The number of carbonyl (C=O) groups is 2. The molecule has 0 unspecified atom stereocenters. The number of aryl methyl sites for hydroxylation is 1. The highest BCUT2D eigenvalue weighted by atomic mass is 16.5. The Morgan fingerprint density at radius 1 is 1.22 bits per heavy atom. The van der Waals surface area contributed by atoms with Crippen molar-refractivity contribution in [2.45, 2.75) is 19.8 Å². The highest BCUT2D eigenvalue weighted by molar-refractivity contribution is 5.94. The van der Waals surface area contributed by atoms with Gasteiger partial charge in [-0.25, -0.2) is 0 Å². The minimum atomic E-state index is 0.0341. The van der Waals surface area contributed by atoms with E-state index < -0.39 is 0 Å². The maximum atomic E-state index is 12.2. The van der Waals surface area contributed by atoms with Crippen LogP contribution in [-0.2, 0) is 16.0 Å². The molecule has 124 valence electrons. The van der Waals surface area contributed by atoms with Gasteiger partial charge in [0.15, 0.2) is 6.61 Å². The molecule has 1 N–H and O–H groups in total. The smallest absolute Gasteiger partial charge is 0.260 e. The van der Waals surface area contributed by atoms with Gasteiger partial charge in [-0.2, -0.15) is 0 Å². The van der Waals surface area contributed by atoms with Gasteiger partial charge in [0.05, 0.1) is 0 Å². The quantitative estimate of drug-likeness (QED) is 0.904. The molecule has 0 radical (unpaired) electrons. The van der Waals surface area contributed by atoms with Crippen molar-refractivity contribution in [3.05, 3.63) is 23.8 Å². The fourth-order valence-corrected chi connectivity index (χ4v) is 3.00. The van der Waals surface area contributed by atoms with Crippen LogP contribution in [0.1, 0.15) is 18.9 Å². The second-order valence-corrected chi connectivity index (χ2v) is 5.97. The topological polar surface area (TPSA) is 61.9 Å². The second-order valence-electron chi connectivity index (χ2n) is 5.97. The van der Waals surface area contributed by atoms with Gasteiger partial charge in [-0.3, -0.25) is 9.59 Å². The molecule has 1 aromatic rings. The highest BCUT2D eigenvalue weighted by Crippen LogP contribution is 2.26. The van der Waals surface area contributed by atoms with Gasteiger partial charge in [0.2, 0.25) is 5.91 Å². The lowest BCUT2D eigenvalue weighted by Crippen LogP contribution is -2.49. The van der Waals surface area contributed by atoms with Crippen molar-refractivity contribution in [1.29, 1.82) is 0 Å². The summed E-state index contributed by atoms with van der Waals surface area (Å²) >= 11 is 0. The molecule has 6 heteroatoms. The number of benzene rings is 1. The summed E-state index contributed by atoms with van der Waals surface area (Å²) in [7, 11) is 0. The summed E-state index contributed by atoms with van der Waals surface area (Å²) in [6.07, 6.45) is 1.21. The zero-order valence-corrected chi connectivity index (χ0v) is 13.5. The fraction of sp³-hybridized carbons (Fsp3) is 0.529. The molecule has 3 rings (SSSR count). The first kappa shape index (κ1) is 15.8. The minimum absolute atomic E-state index is 0.0341. The van der Waals surface area contributed by atoms with Crippen LogP contribution >= 0.6 is 0 Å². The molecule has 0 bridgehead atoms. The molecule has 0 atom stereocenters. The molecule has 1 aromatic carbocycles. The Kier molecular flexibility index (Phi) is 4.81. The van der Waals surface area contributed by atoms with Crippen molar-refractivity contribution in [2.75, 3.05) is 44.6 Å².